The van der Waals surface area contributed by atoms with Crippen molar-refractivity contribution in [3.8, 4) is 0 Å². The van der Waals surface area contributed by atoms with Crippen LogP contribution >= 0.6 is 8.53 Å². The molecule has 0 aromatic heterocycles. The summed E-state index contributed by atoms with van der Waals surface area (Å²) in [5.74, 6) is -1.67. The van der Waals surface area contributed by atoms with E-state index in [1.165, 1.54) is 4.90 Å². The maximum absolute atomic E-state index is 13.6. The minimum Gasteiger partial charge on any atom is -0.459 e. The molecule has 0 spiro atoms. The van der Waals surface area contributed by atoms with E-state index in [0.29, 0.717) is 0 Å². The lowest BCUT2D eigenvalue weighted by atomic mass is 10.2. The van der Waals surface area contributed by atoms with E-state index in [2.05, 4.69) is 22.7 Å². The smallest absolute Gasteiger partial charge is 0.320 e. The minimum absolute atomic E-state index is 0.00479. The van der Waals surface area contributed by atoms with Crippen molar-refractivity contribution in [2.24, 2.45) is 0 Å². The zero-order valence-electron chi connectivity index (χ0n) is 41.6. The van der Waals surface area contributed by atoms with Gasteiger partial charge in [0, 0.05) is 31.7 Å². The van der Waals surface area contributed by atoms with Gasteiger partial charge in [0.05, 0.1) is 32.3 Å². The Morgan fingerprint density at radius 3 is 1.31 bits per heavy atom. The van der Waals surface area contributed by atoms with Crippen molar-refractivity contribution in [1.82, 2.24) is 19.4 Å². The molecular weight excluding hydrogens is 821 g/mol. The van der Waals surface area contributed by atoms with E-state index < -0.39 is 60.5 Å². The lowest BCUT2D eigenvalue weighted by Crippen LogP contribution is -2.50. The first-order valence-electron chi connectivity index (χ1n) is 21.2. The molecule has 0 bridgehead atoms. The van der Waals surface area contributed by atoms with Crippen LogP contribution in [0.1, 0.15) is 132 Å². The van der Waals surface area contributed by atoms with Crippen LogP contribution in [0.5, 0.6) is 0 Å². The van der Waals surface area contributed by atoms with Crippen LogP contribution in [0.15, 0.2) is 24.9 Å². The van der Waals surface area contributed by atoms with Crippen LogP contribution in [-0.2, 0) is 57.2 Å². The zero-order valence-corrected chi connectivity index (χ0v) is 42.5. The van der Waals surface area contributed by atoms with Gasteiger partial charge < -0.3 is 37.9 Å². The van der Waals surface area contributed by atoms with Crippen LogP contribution in [0, 0.1) is 6.57 Å². The number of ether oxygens (including phenoxy) is 3. The Bertz CT molecular complexity index is 1380. The first-order chi connectivity index (χ1) is 28.0. The SMILES string of the molecule is [C-]#[N+]CCOP(OCC(CN(CCN(CC(=O)OC(C)(C)C)CC(=O)OC(C)(C)C)CC(=O)OC(C)(C)C)N(C(=C)OOC(C)(C)C)C(=C)OOC(C)(C)C)N(C(C)C)C(C)C. The highest BCUT2D eigenvalue weighted by Gasteiger charge is 2.35. The van der Waals surface area contributed by atoms with E-state index in [0.717, 1.165) is 0 Å². The van der Waals surface area contributed by atoms with E-state index in [-0.39, 0.29) is 82.9 Å². The van der Waals surface area contributed by atoms with Crippen LogP contribution < -0.4 is 0 Å². The van der Waals surface area contributed by atoms with Crippen LogP contribution in [0.4, 0.5) is 0 Å². The second-order valence-electron chi connectivity index (χ2n) is 20.4. The number of carbonyl (C=O) groups excluding carboxylic acids is 3. The van der Waals surface area contributed by atoms with Gasteiger partial charge in [-0.25, -0.2) is 11.2 Å². The molecule has 360 valence electrons. The maximum atomic E-state index is 13.6. The molecule has 62 heavy (non-hydrogen) atoms. The molecule has 2 atom stereocenters. The quantitative estimate of drug-likeness (QED) is 0.0114. The second kappa shape index (κ2) is 26.0. The molecule has 0 radical (unpaired) electrons. The Balaban J connectivity index is 7.55. The summed E-state index contributed by atoms with van der Waals surface area (Å²) in [6.07, 6.45) is 0. The lowest BCUT2D eigenvalue weighted by Gasteiger charge is -2.40. The van der Waals surface area contributed by atoms with Crippen LogP contribution in [-0.4, -0.2) is 142 Å². The van der Waals surface area contributed by atoms with Crippen molar-refractivity contribution in [2.75, 3.05) is 59.0 Å². The first kappa shape index (κ1) is 58.9. The number of esters is 3. The Morgan fingerprint density at radius 1 is 0.597 bits per heavy atom. The van der Waals surface area contributed by atoms with Crippen molar-refractivity contribution in [2.45, 2.75) is 178 Å². The largest absolute Gasteiger partial charge is 0.459 e. The normalized spacial score (nSPS) is 13.9. The van der Waals surface area contributed by atoms with E-state index in [1.807, 2.05) is 69.2 Å². The van der Waals surface area contributed by atoms with Gasteiger partial charge in [0.15, 0.2) is 0 Å². The average molecular weight is 904 g/mol. The first-order valence-corrected chi connectivity index (χ1v) is 22.3. The lowest BCUT2D eigenvalue weighted by molar-refractivity contribution is -0.354. The van der Waals surface area contributed by atoms with Crippen molar-refractivity contribution in [3.63, 3.8) is 0 Å². The number of hydrogen-bond donors (Lipinski definition) is 0. The third kappa shape index (κ3) is 28.6. The van der Waals surface area contributed by atoms with Gasteiger partial charge in [-0.1, -0.05) is 0 Å². The summed E-state index contributed by atoms with van der Waals surface area (Å²) in [5, 5.41) is 0. The van der Waals surface area contributed by atoms with E-state index >= 15 is 0 Å². The van der Waals surface area contributed by atoms with Crippen molar-refractivity contribution in [3.05, 3.63) is 36.3 Å². The third-order valence-corrected chi connectivity index (χ3v) is 9.30. The Labute approximate surface area is 375 Å². The molecule has 18 heteroatoms. The summed E-state index contributed by atoms with van der Waals surface area (Å²) in [6.45, 7) is 50.3. The fourth-order valence-corrected chi connectivity index (χ4v) is 6.97. The number of hydrogen-bond acceptors (Lipinski definition) is 16. The molecule has 0 amide bonds. The van der Waals surface area contributed by atoms with E-state index in [1.54, 1.807) is 72.1 Å². The summed E-state index contributed by atoms with van der Waals surface area (Å²) in [5.41, 5.74) is -3.84. The molecule has 0 heterocycles. The van der Waals surface area contributed by atoms with Crippen LogP contribution in [0.3, 0.4) is 0 Å². The molecule has 0 aliphatic heterocycles. The molecule has 2 unspecified atom stereocenters. The predicted octanol–water partition coefficient (Wildman–Crippen LogP) is 8.02. The monoisotopic (exact) mass is 904 g/mol. The average Bonchev–Trinajstić information content (AvgIpc) is 3.03. The predicted molar refractivity (Wildman–Crippen MR) is 241 cm³/mol. The molecule has 0 aromatic rings. The van der Waals surface area contributed by atoms with Gasteiger partial charge in [0.2, 0.25) is 18.3 Å². The van der Waals surface area contributed by atoms with E-state index in [9.17, 15) is 14.4 Å². The van der Waals surface area contributed by atoms with Gasteiger partial charge in [-0.15, -0.1) is 0 Å². The summed E-state index contributed by atoms with van der Waals surface area (Å²) in [6, 6.07) is -0.805. The molecule has 0 N–H and O–H groups in total. The molecule has 0 aromatic carbocycles. The van der Waals surface area contributed by atoms with Gasteiger partial charge in [0.1, 0.15) is 34.6 Å². The zero-order chi connectivity index (χ0) is 48.4. The van der Waals surface area contributed by atoms with Gasteiger partial charge in [-0.05, 0) is 145 Å². The van der Waals surface area contributed by atoms with Gasteiger partial charge >= 0.3 is 17.9 Å². The summed E-state index contributed by atoms with van der Waals surface area (Å²) in [7, 11) is -1.75. The molecule has 0 aliphatic carbocycles. The molecule has 0 rings (SSSR count). The van der Waals surface area contributed by atoms with Gasteiger partial charge in [0.25, 0.3) is 8.53 Å². The molecule has 0 saturated heterocycles. The summed E-state index contributed by atoms with van der Waals surface area (Å²) >= 11 is 0. The number of nitrogens with zero attached hydrogens (tertiary/aromatic N) is 5. The Morgan fingerprint density at radius 2 is 0.968 bits per heavy atom. The molecule has 0 fully saturated rings. The summed E-state index contributed by atoms with van der Waals surface area (Å²) < 4.78 is 32.0. The standard InChI is InChI=1S/C44H82N5O12P/c1-32(2)49(33(3)4)62(53-26-23-45-22)54-31-36(48(34(5)58-60-43(16,17)18)35(6)59-61-44(19,20)21)27-46(28-37(50)55-40(7,8)9)24-25-47(29-38(51)56-41(10,11)12)30-39(52)57-42(13,14)15/h32-33,36H,5-6,23-31H2,1-4,7-21H3. The van der Waals surface area contributed by atoms with E-state index in [4.69, 9.17) is 49.4 Å². The molecule has 0 saturated carbocycles. The fourth-order valence-electron chi connectivity index (χ4n) is 5.34. The van der Waals surface area contributed by atoms with Crippen molar-refractivity contribution < 1.29 is 57.2 Å². The maximum Gasteiger partial charge on any atom is 0.320 e. The second-order valence-corrected chi connectivity index (χ2v) is 21.8. The number of carbonyl (C=O) groups is 3. The Kier molecular flexibility index (Phi) is 24.7. The molecular formula is C44H82N5O12P. The van der Waals surface area contributed by atoms with Gasteiger partial charge in [-0.2, -0.15) is 9.78 Å². The highest BCUT2D eigenvalue weighted by molar-refractivity contribution is 7.44. The highest BCUT2D eigenvalue weighted by Crippen LogP contribution is 2.46. The molecule has 17 nitrogen and oxygen atoms in total. The Hall–Kier alpha value is -3.07. The number of rotatable bonds is 27. The minimum atomic E-state index is -1.75. The molecule has 0 aliphatic rings. The third-order valence-electron chi connectivity index (χ3n) is 7.23. The summed E-state index contributed by atoms with van der Waals surface area (Å²) in [4.78, 5) is 71.3. The fraction of sp³-hybridized carbons (Fsp3) is 0.818. The van der Waals surface area contributed by atoms with Crippen molar-refractivity contribution >= 4 is 26.4 Å². The van der Waals surface area contributed by atoms with Crippen LogP contribution in [0.2, 0.25) is 0 Å². The van der Waals surface area contributed by atoms with Crippen molar-refractivity contribution in [1.29, 1.82) is 0 Å². The van der Waals surface area contributed by atoms with Gasteiger partial charge in [-0.3, -0.25) is 29.1 Å². The highest BCUT2D eigenvalue weighted by atomic mass is 31.2. The van der Waals surface area contributed by atoms with Crippen LogP contribution in [0.25, 0.3) is 4.85 Å². The topological polar surface area (TPSA) is 152 Å².